The second-order valence-electron chi connectivity index (χ2n) is 4.28. The Morgan fingerprint density at radius 2 is 2.07 bits per heavy atom. The minimum Gasteiger partial charge on any atom is -0.424 e. The molecule has 1 N–H and O–H groups in total. The van der Waals surface area contributed by atoms with Crippen LogP contribution in [0.1, 0.15) is 44.9 Å². The van der Waals surface area contributed by atoms with Crippen LogP contribution in [-0.4, -0.2) is 16.7 Å². The van der Waals surface area contributed by atoms with E-state index in [1.165, 1.54) is 19.3 Å². The van der Waals surface area contributed by atoms with Crippen molar-refractivity contribution < 1.29 is 4.42 Å². The van der Waals surface area contributed by atoms with Gasteiger partial charge in [0.2, 0.25) is 11.8 Å². The van der Waals surface area contributed by atoms with Gasteiger partial charge in [-0.3, -0.25) is 0 Å². The van der Waals surface area contributed by atoms with Crippen LogP contribution in [-0.2, 0) is 6.54 Å². The SMILES string of the molecule is Cc1nnc(CNCCCCC(C)C)o1. The van der Waals surface area contributed by atoms with Crippen LogP contribution in [0.4, 0.5) is 0 Å². The number of nitrogens with zero attached hydrogens (tertiary/aromatic N) is 2. The lowest BCUT2D eigenvalue weighted by Gasteiger charge is -2.04. The maximum atomic E-state index is 5.24. The fourth-order valence-electron chi connectivity index (χ4n) is 1.41. The Hall–Kier alpha value is -0.900. The fourth-order valence-corrected chi connectivity index (χ4v) is 1.41. The van der Waals surface area contributed by atoms with Gasteiger partial charge < -0.3 is 9.73 Å². The topological polar surface area (TPSA) is 51.0 Å². The van der Waals surface area contributed by atoms with E-state index in [1.807, 2.05) is 0 Å². The Kier molecular flexibility index (Phi) is 5.32. The molecule has 0 bridgehead atoms. The highest BCUT2D eigenvalue weighted by atomic mass is 16.4. The number of nitrogens with one attached hydrogen (secondary N) is 1. The van der Waals surface area contributed by atoms with Crippen LogP contribution >= 0.6 is 0 Å². The first kappa shape index (κ1) is 12.2. The van der Waals surface area contributed by atoms with Gasteiger partial charge in [-0.25, -0.2) is 0 Å². The van der Waals surface area contributed by atoms with Crippen LogP contribution in [0.25, 0.3) is 0 Å². The molecule has 86 valence electrons. The first-order valence-electron chi connectivity index (χ1n) is 5.68. The second kappa shape index (κ2) is 6.56. The highest BCUT2D eigenvalue weighted by Crippen LogP contribution is 2.05. The van der Waals surface area contributed by atoms with Crippen molar-refractivity contribution in [2.45, 2.75) is 46.6 Å². The molecule has 0 saturated carbocycles. The molecular formula is C11H21N3O. The van der Waals surface area contributed by atoms with Gasteiger partial charge in [0.15, 0.2) is 0 Å². The Labute approximate surface area is 91.5 Å². The fraction of sp³-hybridized carbons (Fsp3) is 0.818. The summed E-state index contributed by atoms with van der Waals surface area (Å²) in [5.41, 5.74) is 0. The number of hydrogen-bond donors (Lipinski definition) is 1. The van der Waals surface area contributed by atoms with Crippen LogP contribution in [0.5, 0.6) is 0 Å². The van der Waals surface area contributed by atoms with Crippen molar-refractivity contribution in [2.24, 2.45) is 5.92 Å². The lowest BCUT2D eigenvalue weighted by atomic mass is 10.1. The number of aryl methyl sites for hydroxylation is 1. The molecule has 0 fully saturated rings. The Morgan fingerprint density at radius 3 is 2.67 bits per heavy atom. The highest BCUT2D eigenvalue weighted by Gasteiger charge is 2.00. The molecule has 1 heterocycles. The van der Waals surface area contributed by atoms with Gasteiger partial charge in [0, 0.05) is 6.92 Å². The summed E-state index contributed by atoms with van der Waals surface area (Å²) in [7, 11) is 0. The van der Waals surface area contributed by atoms with Crippen molar-refractivity contribution in [1.29, 1.82) is 0 Å². The van der Waals surface area contributed by atoms with E-state index in [1.54, 1.807) is 6.92 Å². The highest BCUT2D eigenvalue weighted by molar-refractivity contribution is 4.77. The maximum Gasteiger partial charge on any atom is 0.230 e. The molecule has 0 atom stereocenters. The number of rotatable bonds is 7. The van der Waals surface area contributed by atoms with E-state index in [9.17, 15) is 0 Å². The van der Waals surface area contributed by atoms with E-state index in [2.05, 4.69) is 29.4 Å². The van der Waals surface area contributed by atoms with E-state index < -0.39 is 0 Å². The van der Waals surface area contributed by atoms with E-state index in [0.717, 1.165) is 12.5 Å². The Morgan fingerprint density at radius 1 is 1.27 bits per heavy atom. The molecule has 0 radical (unpaired) electrons. The average molecular weight is 211 g/mol. The van der Waals surface area contributed by atoms with Crippen LogP contribution < -0.4 is 5.32 Å². The van der Waals surface area contributed by atoms with Crippen molar-refractivity contribution in [3.05, 3.63) is 11.8 Å². The second-order valence-corrected chi connectivity index (χ2v) is 4.28. The van der Waals surface area contributed by atoms with Gasteiger partial charge in [-0.05, 0) is 18.9 Å². The van der Waals surface area contributed by atoms with Crippen molar-refractivity contribution in [3.8, 4) is 0 Å². The smallest absolute Gasteiger partial charge is 0.230 e. The lowest BCUT2D eigenvalue weighted by molar-refractivity contribution is 0.441. The molecule has 15 heavy (non-hydrogen) atoms. The molecule has 4 nitrogen and oxygen atoms in total. The molecular weight excluding hydrogens is 190 g/mol. The van der Waals surface area contributed by atoms with E-state index in [-0.39, 0.29) is 0 Å². The third-order valence-corrected chi connectivity index (χ3v) is 2.23. The molecule has 1 aromatic heterocycles. The van der Waals surface area contributed by atoms with Gasteiger partial charge in [-0.15, -0.1) is 10.2 Å². The molecule has 0 aliphatic carbocycles. The van der Waals surface area contributed by atoms with Gasteiger partial charge in [0.25, 0.3) is 0 Å². The summed E-state index contributed by atoms with van der Waals surface area (Å²) >= 11 is 0. The normalized spacial score (nSPS) is 11.2. The molecule has 1 aromatic rings. The van der Waals surface area contributed by atoms with Crippen molar-refractivity contribution in [3.63, 3.8) is 0 Å². The summed E-state index contributed by atoms with van der Waals surface area (Å²) < 4.78 is 5.24. The zero-order chi connectivity index (χ0) is 11.1. The summed E-state index contributed by atoms with van der Waals surface area (Å²) in [6.45, 7) is 8.03. The minimum atomic E-state index is 0.631. The molecule has 0 aliphatic heterocycles. The third kappa shape index (κ3) is 5.52. The van der Waals surface area contributed by atoms with Crippen molar-refractivity contribution in [2.75, 3.05) is 6.54 Å². The van der Waals surface area contributed by atoms with Gasteiger partial charge >= 0.3 is 0 Å². The molecule has 0 amide bonds. The molecule has 0 unspecified atom stereocenters. The van der Waals surface area contributed by atoms with E-state index >= 15 is 0 Å². The quantitative estimate of drug-likeness (QED) is 0.703. The first-order valence-corrected chi connectivity index (χ1v) is 5.68. The van der Waals surface area contributed by atoms with Gasteiger partial charge in [0.05, 0.1) is 6.54 Å². The average Bonchev–Trinajstić information content (AvgIpc) is 2.57. The zero-order valence-corrected chi connectivity index (χ0v) is 9.92. The Bertz CT molecular complexity index is 271. The molecule has 1 rings (SSSR count). The summed E-state index contributed by atoms with van der Waals surface area (Å²) in [4.78, 5) is 0. The summed E-state index contributed by atoms with van der Waals surface area (Å²) in [5, 5.41) is 11.0. The maximum absolute atomic E-state index is 5.24. The van der Waals surface area contributed by atoms with E-state index in [4.69, 9.17) is 4.42 Å². The largest absolute Gasteiger partial charge is 0.424 e. The summed E-state index contributed by atoms with van der Waals surface area (Å²) in [6, 6.07) is 0. The Balaban J connectivity index is 1.98. The van der Waals surface area contributed by atoms with Crippen LogP contribution in [0.15, 0.2) is 4.42 Å². The van der Waals surface area contributed by atoms with Gasteiger partial charge in [0.1, 0.15) is 0 Å². The van der Waals surface area contributed by atoms with Gasteiger partial charge in [-0.2, -0.15) is 0 Å². The zero-order valence-electron chi connectivity index (χ0n) is 9.92. The lowest BCUT2D eigenvalue weighted by Crippen LogP contribution is -2.15. The standard InChI is InChI=1S/C11H21N3O/c1-9(2)6-4-5-7-12-8-11-14-13-10(3)15-11/h9,12H,4-8H2,1-3H3. The van der Waals surface area contributed by atoms with Crippen LogP contribution in [0, 0.1) is 12.8 Å². The molecule has 0 aliphatic rings. The molecule has 4 heteroatoms. The van der Waals surface area contributed by atoms with Crippen molar-refractivity contribution >= 4 is 0 Å². The third-order valence-electron chi connectivity index (χ3n) is 2.23. The molecule has 0 saturated heterocycles. The van der Waals surface area contributed by atoms with Gasteiger partial charge in [-0.1, -0.05) is 26.7 Å². The van der Waals surface area contributed by atoms with E-state index in [0.29, 0.717) is 18.3 Å². The van der Waals surface area contributed by atoms with Crippen LogP contribution in [0.3, 0.4) is 0 Å². The number of aromatic nitrogens is 2. The van der Waals surface area contributed by atoms with Crippen LogP contribution in [0.2, 0.25) is 0 Å². The predicted molar refractivity (Wildman–Crippen MR) is 59.4 cm³/mol. The monoisotopic (exact) mass is 211 g/mol. The summed E-state index contributed by atoms with van der Waals surface area (Å²) in [5.74, 6) is 2.12. The number of hydrogen-bond acceptors (Lipinski definition) is 4. The minimum absolute atomic E-state index is 0.631. The predicted octanol–water partition coefficient (Wildman–Crippen LogP) is 2.29. The first-order chi connectivity index (χ1) is 7.18. The molecule has 0 aromatic carbocycles. The molecule has 0 spiro atoms. The van der Waals surface area contributed by atoms with Crippen molar-refractivity contribution in [1.82, 2.24) is 15.5 Å². The number of unbranched alkanes of at least 4 members (excludes halogenated alkanes) is 1. The summed E-state index contributed by atoms with van der Waals surface area (Å²) in [6.07, 6.45) is 3.81.